The van der Waals surface area contributed by atoms with E-state index in [2.05, 4.69) is 16.4 Å². The van der Waals surface area contributed by atoms with Crippen molar-refractivity contribution >= 4 is 27.5 Å². The Morgan fingerprint density at radius 3 is 2.71 bits per heavy atom. The summed E-state index contributed by atoms with van der Waals surface area (Å²) in [5.74, 6) is -0.333. The van der Waals surface area contributed by atoms with Crippen LogP contribution in [-0.2, 0) is 11.3 Å². The molecule has 1 aliphatic rings. The molecule has 0 radical (unpaired) electrons. The minimum atomic E-state index is -0.799. The van der Waals surface area contributed by atoms with Crippen LogP contribution < -0.4 is 10.9 Å². The van der Waals surface area contributed by atoms with Gasteiger partial charge in [-0.05, 0) is 38.2 Å². The van der Waals surface area contributed by atoms with Crippen molar-refractivity contribution in [2.75, 3.05) is 0 Å². The molecule has 7 heteroatoms. The van der Waals surface area contributed by atoms with Crippen LogP contribution in [0.25, 0.3) is 21.3 Å². The van der Waals surface area contributed by atoms with Gasteiger partial charge >= 0.3 is 0 Å². The summed E-state index contributed by atoms with van der Waals surface area (Å²) in [4.78, 5) is 31.8. The number of aryl methyl sites for hydroxylation is 1. The van der Waals surface area contributed by atoms with Crippen LogP contribution in [0.5, 0.6) is 0 Å². The number of carbonyl (C=O) groups is 1. The number of amides is 1. The summed E-state index contributed by atoms with van der Waals surface area (Å²) in [6.07, 6.45) is 4.58. The monoisotopic (exact) mass is 392 g/mol. The van der Waals surface area contributed by atoms with Crippen LogP contribution in [0.3, 0.4) is 0 Å². The Morgan fingerprint density at radius 2 is 2.04 bits per heavy atom. The van der Waals surface area contributed by atoms with E-state index in [1.807, 2.05) is 37.3 Å². The Bertz CT molecular complexity index is 1130. The van der Waals surface area contributed by atoms with E-state index in [-0.39, 0.29) is 18.0 Å². The quantitative estimate of drug-likeness (QED) is 0.737. The number of thiophene rings is 1. The lowest BCUT2D eigenvalue weighted by Crippen LogP contribution is -2.47. The standard InChI is InChI=1S/C21H20N4O2S/c1-14-17(15-7-3-2-4-8-15)18-19(28-14)23-13-25(20(18)27)11-16(26)24-21(12-22)9-5-6-10-21/h2-4,7-8,13H,5-6,9-11H2,1H3,(H,24,26). The molecule has 2 aromatic heterocycles. The fourth-order valence-electron chi connectivity index (χ4n) is 3.91. The van der Waals surface area contributed by atoms with Crippen molar-refractivity contribution in [3.63, 3.8) is 0 Å². The summed E-state index contributed by atoms with van der Waals surface area (Å²) in [7, 11) is 0. The number of aromatic nitrogens is 2. The third-order valence-electron chi connectivity index (χ3n) is 5.28. The fourth-order valence-corrected chi connectivity index (χ4v) is 4.91. The first-order chi connectivity index (χ1) is 13.5. The van der Waals surface area contributed by atoms with E-state index in [1.165, 1.54) is 22.2 Å². The first-order valence-corrected chi connectivity index (χ1v) is 10.1. The van der Waals surface area contributed by atoms with Crippen LogP contribution in [0.2, 0.25) is 0 Å². The molecule has 6 nitrogen and oxygen atoms in total. The van der Waals surface area contributed by atoms with Gasteiger partial charge in [0.25, 0.3) is 5.56 Å². The van der Waals surface area contributed by atoms with E-state index < -0.39 is 5.54 Å². The Morgan fingerprint density at radius 1 is 1.32 bits per heavy atom. The van der Waals surface area contributed by atoms with Gasteiger partial charge in [-0.25, -0.2) is 4.98 Å². The molecule has 0 atom stereocenters. The highest BCUT2D eigenvalue weighted by atomic mass is 32.1. The largest absolute Gasteiger partial charge is 0.336 e. The van der Waals surface area contributed by atoms with Crippen molar-refractivity contribution in [2.45, 2.75) is 44.7 Å². The summed E-state index contributed by atoms with van der Waals surface area (Å²) in [5, 5.41) is 12.8. The molecule has 28 heavy (non-hydrogen) atoms. The van der Waals surface area contributed by atoms with E-state index >= 15 is 0 Å². The van der Waals surface area contributed by atoms with Gasteiger partial charge in [-0.2, -0.15) is 5.26 Å². The second kappa shape index (κ2) is 7.21. The maximum Gasteiger partial charge on any atom is 0.263 e. The van der Waals surface area contributed by atoms with Crippen LogP contribution in [0.1, 0.15) is 30.6 Å². The second-order valence-corrected chi connectivity index (χ2v) is 8.41. The summed E-state index contributed by atoms with van der Waals surface area (Å²) in [6.45, 7) is 1.83. The van der Waals surface area contributed by atoms with Crippen molar-refractivity contribution in [1.29, 1.82) is 5.26 Å². The average Bonchev–Trinajstić information content (AvgIpc) is 3.29. The highest BCUT2D eigenvalue weighted by Crippen LogP contribution is 2.35. The molecular formula is C21H20N4O2S. The van der Waals surface area contributed by atoms with E-state index in [1.54, 1.807) is 0 Å². The van der Waals surface area contributed by atoms with Crippen LogP contribution in [0, 0.1) is 18.3 Å². The summed E-state index contributed by atoms with van der Waals surface area (Å²) >= 11 is 1.48. The molecule has 1 saturated carbocycles. The van der Waals surface area contributed by atoms with Gasteiger partial charge in [-0.1, -0.05) is 30.3 Å². The van der Waals surface area contributed by atoms with Gasteiger partial charge in [0.2, 0.25) is 5.91 Å². The molecule has 0 aliphatic heterocycles. The molecule has 3 aromatic rings. The molecule has 142 valence electrons. The van der Waals surface area contributed by atoms with Crippen molar-refractivity contribution in [2.24, 2.45) is 0 Å². The average molecular weight is 392 g/mol. The summed E-state index contributed by atoms with van der Waals surface area (Å²) in [5.41, 5.74) is 0.798. The number of carbonyl (C=O) groups excluding carboxylic acids is 1. The number of rotatable bonds is 4. The third-order valence-corrected chi connectivity index (χ3v) is 6.29. The number of hydrogen-bond donors (Lipinski definition) is 1. The van der Waals surface area contributed by atoms with Gasteiger partial charge in [0.15, 0.2) is 0 Å². The molecule has 1 amide bonds. The van der Waals surface area contributed by atoms with Gasteiger partial charge < -0.3 is 5.32 Å². The smallest absolute Gasteiger partial charge is 0.263 e. The molecule has 2 heterocycles. The van der Waals surface area contributed by atoms with Gasteiger partial charge in [0.1, 0.15) is 16.9 Å². The van der Waals surface area contributed by atoms with Gasteiger partial charge in [-0.3, -0.25) is 14.2 Å². The number of nitrogens with zero attached hydrogens (tertiary/aromatic N) is 3. The predicted molar refractivity (Wildman–Crippen MR) is 109 cm³/mol. The Hall–Kier alpha value is -2.98. The summed E-state index contributed by atoms with van der Waals surface area (Å²) in [6, 6.07) is 12.0. The lowest BCUT2D eigenvalue weighted by Gasteiger charge is -2.22. The predicted octanol–water partition coefficient (Wildman–Crippen LogP) is 3.39. The second-order valence-electron chi connectivity index (χ2n) is 7.21. The SMILES string of the molecule is Cc1sc2ncn(CC(=O)NC3(C#N)CCCC3)c(=O)c2c1-c1ccccc1. The molecule has 0 saturated heterocycles. The van der Waals surface area contributed by atoms with Crippen LogP contribution >= 0.6 is 11.3 Å². The molecular weight excluding hydrogens is 372 g/mol. The Balaban J connectivity index is 1.70. The van der Waals surface area contributed by atoms with Crippen LogP contribution in [-0.4, -0.2) is 21.0 Å². The Labute approximate surface area is 166 Å². The Kier molecular flexibility index (Phi) is 4.73. The van der Waals surface area contributed by atoms with Gasteiger partial charge in [0.05, 0.1) is 17.8 Å². The minimum Gasteiger partial charge on any atom is -0.336 e. The molecule has 0 bridgehead atoms. The number of nitriles is 1. The maximum atomic E-state index is 13.1. The number of hydrogen-bond acceptors (Lipinski definition) is 5. The number of benzene rings is 1. The van der Waals surface area contributed by atoms with Crippen molar-refractivity contribution in [3.05, 3.63) is 51.9 Å². The van der Waals surface area contributed by atoms with Crippen LogP contribution in [0.4, 0.5) is 0 Å². The topological polar surface area (TPSA) is 87.8 Å². The van der Waals surface area contributed by atoms with Crippen LogP contribution in [0.15, 0.2) is 41.5 Å². The first kappa shape index (κ1) is 18.4. The maximum absolute atomic E-state index is 13.1. The molecule has 0 spiro atoms. The fraction of sp³-hybridized carbons (Fsp3) is 0.333. The zero-order chi connectivity index (χ0) is 19.7. The minimum absolute atomic E-state index is 0.145. The van der Waals surface area contributed by atoms with Gasteiger partial charge in [-0.15, -0.1) is 11.3 Å². The molecule has 1 aromatic carbocycles. The lowest BCUT2D eigenvalue weighted by molar-refractivity contribution is -0.123. The number of fused-ring (bicyclic) bond motifs is 1. The normalized spacial score (nSPS) is 15.4. The zero-order valence-corrected chi connectivity index (χ0v) is 16.4. The third kappa shape index (κ3) is 3.20. The van der Waals surface area contributed by atoms with Crippen molar-refractivity contribution in [3.8, 4) is 17.2 Å². The zero-order valence-electron chi connectivity index (χ0n) is 15.6. The van der Waals surface area contributed by atoms with E-state index in [4.69, 9.17) is 0 Å². The number of nitrogens with one attached hydrogen (secondary N) is 1. The van der Waals surface area contributed by atoms with E-state index in [9.17, 15) is 14.9 Å². The van der Waals surface area contributed by atoms with Crippen molar-refractivity contribution in [1.82, 2.24) is 14.9 Å². The van der Waals surface area contributed by atoms with E-state index in [0.29, 0.717) is 23.1 Å². The molecule has 1 N–H and O–H groups in total. The highest BCUT2D eigenvalue weighted by molar-refractivity contribution is 7.19. The lowest BCUT2D eigenvalue weighted by atomic mass is 10.00. The highest BCUT2D eigenvalue weighted by Gasteiger charge is 2.35. The molecule has 4 rings (SSSR count). The van der Waals surface area contributed by atoms with E-state index in [0.717, 1.165) is 28.8 Å². The molecule has 1 aliphatic carbocycles. The first-order valence-electron chi connectivity index (χ1n) is 9.29. The van der Waals surface area contributed by atoms with Crippen molar-refractivity contribution < 1.29 is 4.79 Å². The summed E-state index contributed by atoms with van der Waals surface area (Å²) < 4.78 is 1.33. The molecule has 0 unspecified atom stereocenters. The molecule has 1 fully saturated rings. The van der Waals surface area contributed by atoms with Gasteiger partial charge in [0, 0.05) is 10.4 Å².